The summed E-state index contributed by atoms with van der Waals surface area (Å²) >= 11 is 6.20. The van der Waals surface area contributed by atoms with Crippen molar-refractivity contribution in [3.8, 4) is 5.75 Å². The van der Waals surface area contributed by atoms with Crippen molar-refractivity contribution >= 4 is 75.7 Å². The number of phenols is 1. The van der Waals surface area contributed by atoms with Crippen LogP contribution in [0.5, 0.6) is 5.75 Å². The molecule has 0 radical (unpaired) electrons. The van der Waals surface area contributed by atoms with E-state index in [0.717, 1.165) is 16.3 Å². The van der Waals surface area contributed by atoms with E-state index in [1.54, 1.807) is 62.6 Å². The number of aliphatic hydroxyl groups is 1. The molecule has 432 valence electrons. The summed E-state index contributed by atoms with van der Waals surface area (Å²) in [6.07, 6.45) is 2.61. The molecule has 7 atom stereocenters. The summed E-state index contributed by atoms with van der Waals surface area (Å²) < 4.78 is 0. The minimum atomic E-state index is -1.56. The Labute approximate surface area is 474 Å². The van der Waals surface area contributed by atoms with Gasteiger partial charge in [0.1, 0.15) is 48.0 Å². The van der Waals surface area contributed by atoms with Crippen LogP contribution in [0.2, 0.25) is 5.02 Å². The third-order valence-corrected chi connectivity index (χ3v) is 13.2. The topological polar surface area (TPSA) is 349 Å². The summed E-state index contributed by atoms with van der Waals surface area (Å²) in [5.74, 6) is -7.19. The molecule has 1 aromatic heterocycles. The van der Waals surface area contributed by atoms with Crippen LogP contribution in [0.4, 0.5) is 4.79 Å². The van der Waals surface area contributed by atoms with E-state index in [9.17, 15) is 58.5 Å². The second-order valence-corrected chi connectivity index (χ2v) is 20.5. The molecule has 5 aromatic rings. The number of fused-ring (bicyclic) bond motifs is 1. The van der Waals surface area contributed by atoms with Gasteiger partial charge in [-0.25, -0.2) is 9.59 Å². The zero-order chi connectivity index (χ0) is 59.0. The molecule has 13 N–H and O–H groups in total. The number of aromatic nitrogens is 1. The van der Waals surface area contributed by atoms with Gasteiger partial charge in [-0.15, -0.1) is 0 Å². The molecule has 0 fully saturated rings. The summed E-state index contributed by atoms with van der Waals surface area (Å²) in [6.45, 7) is 4.14. The van der Waals surface area contributed by atoms with Gasteiger partial charge in [0.15, 0.2) is 0 Å². The lowest BCUT2D eigenvalue weighted by atomic mass is 9.99. The molecule has 1 heterocycles. The first-order valence-corrected chi connectivity index (χ1v) is 26.9. The van der Waals surface area contributed by atoms with Crippen LogP contribution in [0.15, 0.2) is 116 Å². The average Bonchev–Trinajstić information content (AvgIpc) is 3.42. The molecule has 9 amide bonds. The summed E-state index contributed by atoms with van der Waals surface area (Å²) in [6, 6.07) is 18.4. The molecule has 81 heavy (non-hydrogen) atoms. The van der Waals surface area contributed by atoms with Crippen LogP contribution in [0.1, 0.15) is 75.1 Å². The number of rotatable bonds is 31. The summed E-state index contributed by atoms with van der Waals surface area (Å²) in [5.41, 5.74) is 7.64. The van der Waals surface area contributed by atoms with E-state index < -0.39 is 109 Å². The van der Waals surface area contributed by atoms with Crippen LogP contribution in [0.25, 0.3) is 10.8 Å². The molecule has 0 unspecified atom stereocenters. The number of nitrogens with zero attached hydrogens (tertiary/aromatic N) is 1. The summed E-state index contributed by atoms with van der Waals surface area (Å²) in [5, 5.41) is 53.4. The molecular weight excluding hydrogens is 1060 g/mol. The average molecular weight is 1140 g/mol. The number of aliphatic carboxylic acids is 1. The number of urea groups is 1. The predicted octanol–water partition coefficient (Wildman–Crippen LogP) is 2.63. The van der Waals surface area contributed by atoms with Gasteiger partial charge in [0.25, 0.3) is 0 Å². The Kier molecular flexibility index (Phi) is 24.8. The molecule has 4 aromatic carbocycles. The maximum atomic E-state index is 14.7. The van der Waals surface area contributed by atoms with Crippen molar-refractivity contribution in [2.45, 2.75) is 121 Å². The Hall–Kier alpha value is -8.63. The number of aliphatic hydroxyl groups excluding tert-OH is 1. The number of hydrogen-bond acceptors (Lipinski definition) is 12. The van der Waals surface area contributed by atoms with Crippen molar-refractivity contribution in [3.05, 3.63) is 143 Å². The highest BCUT2D eigenvalue weighted by Crippen LogP contribution is 2.19. The van der Waals surface area contributed by atoms with Gasteiger partial charge >= 0.3 is 12.0 Å². The van der Waals surface area contributed by atoms with Crippen molar-refractivity contribution < 1.29 is 58.5 Å². The van der Waals surface area contributed by atoms with Gasteiger partial charge in [-0.05, 0) is 108 Å². The third kappa shape index (κ3) is 21.5. The molecule has 0 aliphatic rings. The molecule has 23 heteroatoms. The van der Waals surface area contributed by atoms with Crippen molar-refractivity contribution in [1.82, 2.24) is 47.5 Å². The molecule has 22 nitrogen and oxygen atoms in total. The van der Waals surface area contributed by atoms with E-state index >= 15 is 0 Å². The van der Waals surface area contributed by atoms with Crippen LogP contribution in [0.3, 0.4) is 0 Å². The van der Waals surface area contributed by atoms with Crippen molar-refractivity contribution in [1.29, 1.82) is 0 Å². The van der Waals surface area contributed by atoms with Gasteiger partial charge in [-0.1, -0.05) is 98.2 Å². The molecule has 0 saturated carbocycles. The fourth-order valence-corrected chi connectivity index (χ4v) is 8.96. The SMILES string of the molecule is CC(=O)N[C@H](Cc1ccc2ccccc2c1)C(=O)N[C@H](Cc1ccc(Cl)cc1)C(=O)N[C@H](CCc1cccnc1)C(=O)N[C@@H](CCO)C(=O)N[C@@H](Cc1ccc(O)cc1)C(=O)N[C@H](CCCNC(N)=O)C(=O)N[C@@H](CC(C)C)C(=O)O. The number of carboxylic acids is 1. The van der Waals surface area contributed by atoms with Crippen molar-refractivity contribution in [2.75, 3.05) is 13.2 Å². The van der Waals surface area contributed by atoms with Crippen molar-refractivity contribution in [2.24, 2.45) is 11.7 Å². The minimum Gasteiger partial charge on any atom is -0.508 e. The van der Waals surface area contributed by atoms with Gasteiger partial charge in [-0.2, -0.15) is 0 Å². The quantitative estimate of drug-likeness (QED) is 0.0285. The number of primary amides is 1. The number of aryl methyl sites for hydroxylation is 1. The van der Waals surface area contributed by atoms with E-state index in [1.165, 1.54) is 31.2 Å². The first-order chi connectivity index (χ1) is 38.7. The predicted molar refractivity (Wildman–Crippen MR) is 302 cm³/mol. The van der Waals surface area contributed by atoms with Crippen LogP contribution in [0, 0.1) is 5.92 Å². The number of nitrogens with two attached hydrogens (primary N) is 1. The molecule has 5 rings (SSSR count). The maximum Gasteiger partial charge on any atom is 0.326 e. The normalized spacial score (nSPS) is 13.7. The highest BCUT2D eigenvalue weighted by atomic mass is 35.5. The van der Waals surface area contributed by atoms with Crippen LogP contribution in [-0.4, -0.2) is 129 Å². The number of nitrogens with one attached hydrogen (secondary N) is 8. The Morgan fingerprint density at radius 3 is 1.56 bits per heavy atom. The Morgan fingerprint density at radius 1 is 0.556 bits per heavy atom. The van der Waals surface area contributed by atoms with E-state index in [0.29, 0.717) is 21.7 Å². The van der Waals surface area contributed by atoms with Crippen LogP contribution < -0.4 is 48.3 Å². The molecule has 0 spiro atoms. The number of amides is 9. The van der Waals surface area contributed by atoms with Gasteiger partial charge in [0.2, 0.25) is 41.4 Å². The highest BCUT2D eigenvalue weighted by Gasteiger charge is 2.35. The minimum absolute atomic E-state index is 0.00726. The lowest BCUT2D eigenvalue weighted by Gasteiger charge is -2.28. The zero-order valence-corrected chi connectivity index (χ0v) is 46.0. The molecule has 0 aliphatic carbocycles. The smallest absolute Gasteiger partial charge is 0.326 e. The van der Waals surface area contributed by atoms with E-state index in [2.05, 4.69) is 47.5 Å². The lowest BCUT2D eigenvalue weighted by Crippen LogP contribution is -2.60. The largest absolute Gasteiger partial charge is 0.508 e. The Balaban J connectivity index is 1.42. The fraction of sp³-hybridized carbons (Fsp3) is 0.379. The number of halogens is 1. The van der Waals surface area contributed by atoms with Gasteiger partial charge in [0, 0.05) is 56.8 Å². The van der Waals surface area contributed by atoms with Gasteiger partial charge in [0.05, 0.1) is 0 Å². The van der Waals surface area contributed by atoms with Gasteiger partial charge < -0.3 is 63.6 Å². The van der Waals surface area contributed by atoms with Gasteiger partial charge in [-0.3, -0.25) is 38.5 Å². The standard InChI is InChI=1S/C58H71ClN10O12/c1-34(2)28-50(57(79)80)69-51(73)44(11-7-26-62-58(60)81)64-55(77)48(31-37-15-21-43(72)22-16-37)67-53(75)46(24-27-70)66-52(74)45(23-17-38-8-6-25-61-33-38)65-56(78)49(30-36-13-19-42(59)20-14-36)68-54(76)47(63-35(3)71)32-39-12-18-40-9-4-5-10-41(40)29-39/h4-6,8-10,12-16,18-22,25,29,33-34,44-50,70,72H,7,11,17,23-24,26-28,30-32H2,1-3H3,(H,63,71)(H,64,77)(H,65,78)(H,66,74)(H,67,75)(H,68,76)(H,69,73)(H,79,80)(H3,60,62,81)/t44-,45-,46+,47-,48+,49-,50+/m1/s1. The number of phenolic OH excluding ortho intramolecular Hbond substituents is 1. The first kappa shape index (κ1) is 63.2. The van der Waals surface area contributed by atoms with E-state index in [4.69, 9.17) is 17.3 Å². The Morgan fingerprint density at radius 2 is 1.04 bits per heavy atom. The molecule has 0 saturated heterocycles. The number of carbonyl (C=O) groups is 9. The number of hydrogen-bond donors (Lipinski definition) is 12. The number of carbonyl (C=O) groups excluding carboxylic acids is 8. The molecule has 0 aliphatic heterocycles. The second-order valence-electron chi connectivity index (χ2n) is 20.0. The monoisotopic (exact) mass is 1130 g/mol. The summed E-state index contributed by atoms with van der Waals surface area (Å²) in [4.78, 5) is 126. The zero-order valence-electron chi connectivity index (χ0n) is 45.3. The highest BCUT2D eigenvalue weighted by molar-refractivity contribution is 6.30. The maximum absolute atomic E-state index is 14.7. The second kappa shape index (κ2) is 31.8. The summed E-state index contributed by atoms with van der Waals surface area (Å²) in [7, 11) is 0. The van der Waals surface area contributed by atoms with E-state index in [-0.39, 0.29) is 69.6 Å². The number of benzene rings is 4. The number of aromatic hydroxyl groups is 1. The third-order valence-electron chi connectivity index (χ3n) is 13.0. The molecule has 0 bridgehead atoms. The lowest BCUT2D eigenvalue weighted by molar-refractivity contribution is -0.143. The number of carboxylic acid groups (broad SMARTS) is 1. The fourth-order valence-electron chi connectivity index (χ4n) is 8.84. The van der Waals surface area contributed by atoms with Crippen molar-refractivity contribution in [3.63, 3.8) is 0 Å². The van der Waals surface area contributed by atoms with E-state index in [1.807, 2.05) is 42.5 Å². The van der Waals surface area contributed by atoms with Crippen LogP contribution >= 0.6 is 11.6 Å². The van der Waals surface area contributed by atoms with Crippen LogP contribution in [-0.2, 0) is 64.0 Å². The Bertz CT molecular complexity index is 2950. The number of pyridine rings is 1. The molecular formula is C58H71ClN10O12. The first-order valence-electron chi connectivity index (χ1n) is 26.5.